The minimum Gasteiger partial charge on any atom is -0.354 e. The summed E-state index contributed by atoms with van der Waals surface area (Å²) in [5, 5.41) is 11.1. The second kappa shape index (κ2) is 5.06. The second-order valence-electron chi connectivity index (χ2n) is 6.03. The molecule has 100 valence electrons. The molecule has 0 unspecified atom stereocenters. The maximum absolute atomic E-state index is 11.3. The Kier molecular flexibility index (Phi) is 3.65. The number of piperazine rings is 1. The highest BCUT2D eigenvalue weighted by molar-refractivity contribution is 5.78. The van der Waals surface area contributed by atoms with Crippen molar-refractivity contribution in [1.29, 1.82) is 0 Å². The second-order valence-corrected chi connectivity index (χ2v) is 6.03. The van der Waals surface area contributed by atoms with Gasteiger partial charge >= 0.3 is 0 Å². The van der Waals surface area contributed by atoms with Crippen molar-refractivity contribution in [3.63, 3.8) is 0 Å². The fourth-order valence-electron chi connectivity index (χ4n) is 2.03. The summed E-state index contributed by atoms with van der Waals surface area (Å²) in [5.74, 6) is 0.0864. The fraction of sp³-hybridized carbons (Fsp3) is 0.750. The smallest absolute Gasteiger partial charge is 0.234 e. The summed E-state index contributed by atoms with van der Waals surface area (Å²) < 4.78 is 1.87. The zero-order valence-electron chi connectivity index (χ0n) is 11.3. The highest BCUT2D eigenvalue weighted by atomic mass is 16.2. The van der Waals surface area contributed by atoms with Crippen molar-refractivity contribution >= 4 is 5.91 Å². The molecule has 2 heterocycles. The van der Waals surface area contributed by atoms with Crippen LogP contribution in [0.5, 0.6) is 0 Å². The van der Waals surface area contributed by atoms with E-state index >= 15 is 0 Å². The van der Waals surface area contributed by atoms with Gasteiger partial charge in [-0.25, -0.2) is 0 Å². The van der Waals surface area contributed by atoms with Gasteiger partial charge in [-0.3, -0.25) is 14.4 Å². The Morgan fingerprint density at radius 1 is 1.44 bits per heavy atom. The quantitative estimate of drug-likeness (QED) is 0.837. The molecule has 1 aromatic rings. The van der Waals surface area contributed by atoms with Gasteiger partial charge in [0.15, 0.2) is 0 Å². The highest BCUT2D eigenvalue weighted by Crippen LogP contribution is 2.15. The van der Waals surface area contributed by atoms with E-state index in [-0.39, 0.29) is 11.3 Å². The van der Waals surface area contributed by atoms with Crippen molar-refractivity contribution in [2.45, 2.75) is 33.9 Å². The zero-order chi connectivity index (χ0) is 13.2. The summed E-state index contributed by atoms with van der Waals surface area (Å²) >= 11 is 0. The lowest BCUT2D eigenvalue weighted by Gasteiger charge is -2.25. The Labute approximate surface area is 107 Å². The first kappa shape index (κ1) is 13.0. The number of hydrogen-bond acceptors (Lipinski definition) is 4. The lowest BCUT2D eigenvalue weighted by molar-refractivity contribution is -0.124. The number of hydrogen-bond donors (Lipinski definition) is 1. The van der Waals surface area contributed by atoms with Crippen LogP contribution in [0, 0.1) is 5.41 Å². The highest BCUT2D eigenvalue weighted by Gasteiger charge is 2.18. The minimum absolute atomic E-state index is 0.0864. The van der Waals surface area contributed by atoms with Crippen LogP contribution in [0.15, 0.2) is 6.20 Å². The molecule has 0 spiro atoms. The van der Waals surface area contributed by atoms with Gasteiger partial charge in [0.05, 0.1) is 12.2 Å². The molecule has 1 N–H and O–H groups in total. The van der Waals surface area contributed by atoms with Crippen molar-refractivity contribution in [1.82, 2.24) is 25.2 Å². The standard InChI is InChI=1S/C12H21N5O/c1-12(2,3)9-17-7-10(14-15-17)6-16-5-4-13-11(18)8-16/h7H,4-6,8-9H2,1-3H3,(H,13,18). The molecule has 1 fully saturated rings. The van der Waals surface area contributed by atoms with Gasteiger partial charge in [-0.2, -0.15) is 0 Å². The van der Waals surface area contributed by atoms with Crippen LogP contribution >= 0.6 is 0 Å². The van der Waals surface area contributed by atoms with Gasteiger partial charge in [0.1, 0.15) is 0 Å². The molecule has 1 aliphatic rings. The van der Waals surface area contributed by atoms with Crippen molar-refractivity contribution in [2.75, 3.05) is 19.6 Å². The minimum atomic E-state index is 0.0864. The number of carbonyl (C=O) groups is 1. The van der Waals surface area contributed by atoms with Crippen LogP contribution in [0.25, 0.3) is 0 Å². The van der Waals surface area contributed by atoms with Gasteiger partial charge in [-0.1, -0.05) is 26.0 Å². The third-order valence-electron chi connectivity index (χ3n) is 2.73. The molecule has 1 aromatic heterocycles. The van der Waals surface area contributed by atoms with Gasteiger partial charge in [0.2, 0.25) is 5.91 Å². The summed E-state index contributed by atoms with van der Waals surface area (Å²) in [6.07, 6.45) is 1.97. The molecule has 18 heavy (non-hydrogen) atoms. The van der Waals surface area contributed by atoms with Crippen LogP contribution in [0.1, 0.15) is 26.5 Å². The number of carbonyl (C=O) groups excluding carboxylic acids is 1. The van der Waals surface area contributed by atoms with E-state index in [0.717, 1.165) is 25.3 Å². The van der Waals surface area contributed by atoms with Crippen molar-refractivity contribution in [2.24, 2.45) is 5.41 Å². The lowest BCUT2D eigenvalue weighted by Crippen LogP contribution is -2.47. The SMILES string of the molecule is CC(C)(C)Cn1cc(CN2CCNC(=O)C2)nn1. The van der Waals surface area contributed by atoms with E-state index < -0.39 is 0 Å². The Hall–Kier alpha value is -1.43. The number of nitrogens with zero attached hydrogens (tertiary/aromatic N) is 4. The first-order valence-electron chi connectivity index (χ1n) is 6.30. The molecular formula is C12H21N5O. The Morgan fingerprint density at radius 3 is 2.89 bits per heavy atom. The molecule has 0 bridgehead atoms. The van der Waals surface area contributed by atoms with Crippen LogP contribution in [-0.4, -0.2) is 45.4 Å². The predicted molar refractivity (Wildman–Crippen MR) is 67.8 cm³/mol. The molecule has 0 radical (unpaired) electrons. The number of rotatable bonds is 3. The summed E-state index contributed by atoms with van der Waals surface area (Å²) in [6, 6.07) is 0. The molecule has 1 saturated heterocycles. The number of amides is 1. The molecule has 1 amide bonds. The van der Waals surface area contributed by atoms with E-state index in [1.54, 1.807) is 0 Å². The Morgan fingerprint density at radius 2 is 2.22 bits per heavy atom. The molecule has 6 nitrogen and oxygen atoms in total. The van der Waals surface area contributed by atoms with E-state index in [1.165, 1.54) is 0 Å². The zero-order valence-corrected chi connectivity index (χ0v) is 11.3. The largest absolute Gasteiger partial charge is 0.354 e. The van der Waals surface area contributed by atoms with Crippen LogP contribution in [0.3, 0.4) is 0 Å². The summed E-state index contributed by atoms with van der Waals surface area (Å²) in [6.45, 7) is 10.1. The molecule has 2 rings (SSSR count). The Bertz CT molecular complexity index is 420. The lowest BCUT2D eigenvalue weighted by atomic mass is 9.97. The fourth-order valence-corrected chi connectivity index (χ4v) is 2.03. The van der Waals surface area contributed by atoms with Crippen LogP contribution in [0.2, 0.25) is 0 Å². The van der Waals surface area contributed by atoms with E-state index in [2.05, 4.69) is 41.3 Å². The predicted octanol–water partition coefficient (Wildman–Crippen LogP) is 0.256. The normalized spacial score (nSPS) is 17.8. The van der Waals surface area contributed by atoms with Crippen LogP contribution < -0.4 is 5.32 Å². The third-order valence-corrected chi connectivity index (χ3v) is 2.73. The number of aromatic nitrogens is 3. The monoisotopic (exact) mass is 251 g/mol. The molecule has 6 heteroatoms. The molecular weight excluding hydrogens is 230 g/mol. The molecule has 1 aliphatic heterocycles. The van der Waals surface area contributed by atoms with Crippen molar-refractivity contribution in [3.8, 4) is 0 Å². The van der Waals surface area contributed by atoms with E-state index in [0.29, 0.717) is 13.1 Å². The summed E-state index contributed by atoms with van der Waals surface area (Å²) in [4.78, 5) is 13.4. The van der Waals surface area contributed by atoms with Crippen LogP contribution in [-0.2, 0) is 17.9 Å². The van der Waals surface area contributed by atoms with Gasteiger partial charge in [0.25, 0.3) is 0 Å². The maximum atomic E-state index is 11.3. The van der Waals surface area contributed by atoms with Crippen LogP contribution in [0.4, 0.5) is 0 Å². The number of nitrogens with one attached hydrogen (secondary N) is 1. The average Bonchev–Trinajstić information content (AvgIpc) is 2.62. The maximum Gasteiger partial charge on any atom is 0.234 e. The molecule has 0 aliphatic carbocycles. The summed E-state index contributed by atoms with van der Waals surface area (Å²) in [5.41, 5.74) is 1.12. The van der Waals surface area contributed by atoms with E-state index in [1.807, 2.05) is 10.9 Å². The third kappa shape index (κ3) is 3.80. The van der Waals surface area contributed by atoms with Gasteiger partial charge in [-0.15, -0.1) is 5.10 Å². The summed E-state index contributed by atoms with van der Waals surface area (Å²) in [7, 11) is 0. The average molecular weight is 251 g/mol. The molecule has 0 aromatic carbocycles. The van der Waals surface area contributed by atoms with Gasteiger partial charge in [-0.05, 0) is 5.41 Å². The Balaban J connectivity index is 1.92. The van der Waals surface area contributed by atoms with Gasteiger partial charge < -0.3 is 5.32 Å². The van der Waals surface area contributed by atoms with E-state index in [9.17, 15) is 4.79 Å². The first-order chi connectivity index (χ1) is 8.42. The molecule has 0 atom stereocenters. The molecule has 0 saturated carbocycles. The van der Waals surface area contributed by atoms with E-state index in [4.69, 9.17) is 0 Å². The van der Waals surface area contributed by atoms with Crippen molar-refractivity contribution in [3.05, 3.63) is 11.9 Å². The first-order valence-corrected chi connectivity index (χ1v) is 6.30. The van der Waals surface area contributed by atoms with Gasteiger partial charge in [0, 0.05) is 32.4 Å². The van der Waals surface area contributed by atoms with Crippen molar-refractivity contribution < 1.29 is 4.79 Å². The topological polar surface area (TPSA) is 63.0 Å².